The first kappa shape index (κ1) is 19.7. The molecule has 28 heavy (non-hydrogen) atoms. The fraction of sp³-hybridized carbons (Fsp3) is 0.667. The van der Waals surface area contributed by atoms with Crippen molar-refractivity contribution in [3.63, 3.8) is 0 Å². The number of sulfonamides is 1. The Morgan fingerprint density at radius 1 is 1.21 bits per heavy atom. The van der Waals surface area contributed by atoms with Gasteiger partial charge in [-0.3, -0.25) is 4.79 Å². The molecule has 2 fully saturated rings. The van der Waals surface area contributed by atoms with Gasteiger partial charge in [0, 0.05) is 24.5 Å². The SMILES string of the molecule is CC1(C)[C@H]2Cc3c(O)cccc3[C@]1(C)CCN2C(=O)C1CCCN1S(C)(=O)=O. The molecular weight excluding hydrogens is 376 g/mol. The van der Waals surface area contributed by atoms with Crippen molar-refractivity contribution in [2.75, 3.05) is 19.3 Å². The van der Waals surface area contributed by atoms with Crippen molar-refractivity contribution in [2.45, 2.75) is 64.0 Å². The van der Waals surface area contributed by atoms with Crippen LogP contribution in [0.15, 0.2) is 18.2 Å². The highest BCUT2D eigenvalue weighted by Gasteiger charge is 2.58. The van der Waals surface area contributed by atoms with E-state index in [-0.39, 0.29) is 28.5 Å². The molecule has 1 aliphatic carbocycles. The lowest BCUT2D eigenvalue weighted by molar-refractivity contribution is -0.147. The molecule has 2 saturated heterocycles. The summed E-state index contributed by atoms with van der Waals surface area (Å²) in [7, 11) is -3.41. The Kier molecular flexibility index (Phi) is 4.36. The maximum atomic E-state index is 13.5. The summed E-state index contributed by atoms with van der Waals surface area (Å²) < 4.78 is 25.7. The average molecular weight is 407 g/mol. The average Bonchev–Trinajstić information content (AvgIpc) is 3.08. The summed E-state index contributed by atoms with van der Waals surface area (Å²) in [5, 5.41) is 10.5. The van der Waals surface area contributed by atoms with Crippen LogP contribution in [0.25, 0.3) is 0 Å². The van der Waals surface area contributed by atoms with Gasteiger partial charge < -0.3 is 10.0 Å². The summed E-state index contributed by atoms with van der Waals surface area (Å²) in [4.78, 5) is 15.4. The number of carbonyl (C=O) groups is 1. The smallest absolute Gasteiger partial charge is 0.241 e. The Morgan fingerprint density at radius 3 is 2.61 bits per heavy atom. The standard InChI is InChI=1S/C21H30N2O4S/c1-20(2)18-13-14-15(7-5-9-17(14)24)21(20,3)10-12-22(18)19(25)16-8-6-11-23(16)28(4,26)27/h5,7,9,16,18,24H,6,8,10-13H2,1-4H3/t16?,18-,21+/m1/s1. The predicted molar refractivity (Wildman–Crippen MR) is 108 cm³/mol. The molecule has 2 heterocycles. The van der Waals surface area contributed by atoms with E-state index in [0.717, 1.165) is 12.0 Å². The van der Waals surface area contributed by atoms with E-state index in [1.54, 1.807) is 6.07 Å². The van der Waals surface area contributed by atoms with Crippen molar-refractivity contribution >= 4 is 15.9 Å². The van der Waals surface area contributed by atoms with Crippen LogP contribution < -0.4 is 0 Å². The normalized spacial score (nSPS) is 32.2. The molecule has 1 aromatic rings. The van der Waals surface area contributed by atoms with Crippen LogP contribution in [0, 0.1) is 5.41 Å². The van der Waals surface area contributed by atoms with Gasteiger partial charge in [0.25, 0.3) is 0 Å². The van der Waals surface area contributed by atoms with Gasteiger partial charge in [-0.2, -0.15) is 4.31 Å². The van der Waals surface area contributed by atoms with Gasteiger partial charge in [-0.05, 0) is 48.3 Å². The number of benzene rings is 1. The molecule has 6 nitrogen and oxygen atoms in total. The minimum Gasteiger partial charge on any atom is -0.508 e. The lowest BCUT2D eigenvalue weighted by Gasteiger charge is -2.61. The fourth-order valence-electron chi connectivity index (χ4n) is 5.77. The molecule has 0 radical (unpaired) electrons. The fourth-order valence-corrected chi connectivity index (χ4v) is 6.88. The number of carbonyl (C=O) groups excluding carboxylic acids is 1. The zero-order valence-electron chi connectivity index (χ0n) is 17.1. The molecule has 1 aromatic carbocycles. The molecule has 0 saturated carbocycles. The molecule has 0 aromatic heterocycles. The van der Waals surface area contributed by atoms with Crippen molar-refractivity contribution in [3.05, 3.63) is 29.3 Å². The van der Waals surface area contributed by atoms with E-state index in [1.165, 1.54) is 16.1 Å². The summed E-state index contributed by atoms with van der Waals surface area (Å²) in [5.74, 6) is 0.207. The molecule has 4 rings (SSSR count). The largest absolute Gasteiger partial charge is 0.508 e. The summed E-state index contributed by atoms with van der Waals surface area (Å²) >= 11 is 0. The van der Waals surface area contributed by atoms with Crippen LogP contribution in [0.2, 0.25) is 0 Å². The Labute approximate surface area is 167 Å². The van der Waals surface area contributed by atoms with E-state index in [0.29, 0.717) is 32.4 Å². The topological polar surface area (TPSA) is 77.9 Å². The van der Waals surface area contributed by atoms with Gasteiger partial charge >= 0.3 is 0 Å². The second kappa shape index (κ2) is 6.20. The van der Waals surface area contributed by atoms with Crippen molar-refractivity contribution in [2.24, 2.45) is 5.41 Å². The molecule has 2 bridgehead atoms. The molecule has 3 aliphatic rings. The molecule has 7 heteroatoms. The summed E-state index contributed by atoms with van der Waals surface area (Å²) in [6.07, 6.45) is 3.87. The van der Waals surface area contributed by atoms with E-state index in [1.807, 2.05) is 11.0 Å². The van der Waals surface area contributed by atoms with Gasteiger partial charge in [0.1, 0.15) is 11.8 Å². The van der Waals surface area contributed by atoms with Crippen LogP contribution in [-0.2, 0) is 26.7 Å². The number of piperidine rings is 1. The first-order valence-electron chi connectivity index (χ1n) is 10.1. The number of hydrogen-bond donors (Lipinski definition) is 1. The van der Waals surface area contributed by atoms with Crippen LogP contribution in [0.4, 0.5) is 0 Å². The maximum Gasteiger partial charge on any atom is 0.241 e. The van der Waals surface area contributed by atoms with E-state index < -0.39 is 16.1 Å². The molecule has 1 N–H and O–H groups in total. The van der Waals surface area contributed by atoms with Crippen molar-refractivity contribution in [1.29, 1.82) is 0 Å². The van der Waals surface area contributed by atoms with Gasteiger partial charge in [-0.25, -0.2) is 8.42 Å². The van der Waals surface area contributed by atoms with Gasteiger partial charge in [0.2, 0.25) is 15.9 Å². The number of likely N-dealkylation sites (tertiary alicyclic amines) is 1. The number of hydrogen-bond acceptors (Lipinski definition) is 4. The van der Waals surface area contributed by atoms with E-state index in [4.69, 9.17) is 0 Å². The monoisotopic (exact) mass is 406 g/mol. The minimum atomic E-state index is -3.41. The molecular formula is C21H30N2O4S. The molecule has 0 spiro atoms. The quantitative estimate of drug-likeness (QED) is 0.817. The highest BCUT2D eigenvalue weighted by Crippen LogP contribution is 2.57. The third-order valence-electron chi connectivity index (χ3n) is 7.83. The number of phenols is 1. The second-order valence-electron chi connectivity index (χ2n) is 9.39. The van der Waals surface area contributed by atoms with Crippen molar-refractivity contribution < 1.29 is 18.3 Å². The third-order valence-corrected chi connectivity index (χ3v) is 9.11. The molecule has 2 aliphatic heterocycles. The van der Waals surface area contributed by atoms with Crippen molar-refractivity contribution in [3.8, 4) is 5.75 Å². The van der Waals surface area contributed by atoms with Gasteiger partial charge in [-0.1, -0.05) is 32.9 Å². The Bertz CT molecular complexity index is 926. The number of rotatable bonds is 2. The van der Waals surface area contributed by atoms with Gasteiger partial charge in [-0.15, -0.1) is 0 Å². The third kappa shape index (κ3) is 2.62. The zero-order chi connectivity index (χ0) is 20.5. The van der Waals surface area contributed by atoms with Crippen LogP contribution in [0.3, 0.4) is 0 Å². The maximum absolute atomic E-state index is 13.5. The highest BCUT2D eigenvalue weighted by molar-refractivity contribution is 7.88. The number of nitrogens with zero attached hydrogens (tertiary/aromatic N) is 2. The zero-order valence-corrected chi connectivity index (χ0v) is 17.9. The molecule has 1 unspecified atom stereocenters. The summed E-state index contributed by atoms with van der Waals surface area (Å²) in [6, 6.07) is 5.05. The van der Waals surface area contributed by atoms with Gasteiger partial charge in [0.05, 0.1) is 6.26 Å². The lowest BCUT2D eigenvalue weighted by atomic mass is 9.51. The Morgan fingerprint density at radius 2 is 1.93 bits per heavy atom. The van der Waals surface area contributed by atoms with Crippen LogP contribution in [0.1, 0.15) is 51.2 Å². The summed E-state index contributed by atoms with van der Waals surface area (Å²) in [5.41, 5.74) is 1.78. The second-order valence-corrected chi connectivity index (χ2v) is 11.3. The number of aromatic hydroxyl groups is 1. The summed E-state index contributed by atoms with van der Waals surface area (Å²) in [6.45, 7) is 7.67. The number of fused-ring (bicyclic) bond motifs is 4. The molecule has 3 atom stereocenters. The molecule has 1 amide bonds. The molecule has 154 valence electrons. The van der Waals surface area contributed by atoms with E-state index >= 15 is 0 Å². The predicted octanol–water partition coefficient (Wildman–Crippen LogP) is 2.26. The first-order chi connectivity index (χ1) is 13.0. The lowest BCUT2D eigenvalue weighted by Crippen LogP contribution is -2.66. The van der Waals surface area contributed by atoms with E-state index in [9.17, 15) is 18.3 Å². The number of phenolic OH excluding ortho intramolecular Hbond substituents is 1. The van der Waals surface area contributed by atoms with Crippen LogP contribution in [-0.4, -0.2) is 60.1 Å². The van der Waals surface area contributed by atoms with E-state index in [2.05, 4.69) is 26.8 Å². The Hall–Kier alpha value is -1.60. The van der Waals surface area contributed by atoms with Gasteiger partial charge in [0.15, 0.2) is 0 Å². The highest BCUT2D eigenvalue weighted by atomic mass is 32.2. The van der Waals surface area contributed by atoms with Crippen LogP contribution >= 0.6 is 0 Å². The Balaban J connectivity index is 1.73. The number of amides is 1. The van der Waals surface area contributed by atoms with Crippen LogP contribution in [0.5, 0.6) is 5.75 Å². The minimum absolute atomic E-state index is 0.0680. The van der Waals surface area contributed by atoms with Crippen molar-refractivity contribution in [1.82, 2.24) is 9.21 Å². The first-order valence-corrected chi connectivity index (χ1v) is 11.9.